The van der Waals surface area contributed by atoms with Gasteiger partial charge in [0.2, 0.25) is 5.91 Å². The fraction of sp³-hybridized carbons (Fsp3) is 0.741. The van der Waals surface area contributed by atoms with E-state index >= 15 is 0 Å². The zero-order chi connectivity index (χ0) is 20.9. The minimum absolute atomic E-state index is 0.0136. The maximum absolute atomic E-state index is 14.3. The molecule has 1 aliphatic heterocycles. The molecule has 162 valence electrons. The number of fused-ring (bicyclic) bond motifs is 2. The Bertz CT molecular complexity index is 880. The predicted molar refractivity (Wildman–Crippen MR) is 120 cm³/mol. The van der Waals surface area contributed by atoms with Crippen molar-refractivity contribution in [2.45, 2.75) is 77.2 Å². The van der Waals surface area contributed by atoms with Crippen LogP contribution in [-0.2, 0) is 10.2 Å². The molecule has 6 rings (SSSR count). The maximum atomic E-state index is 14.3. The minimum Gasteiger partial charge on any atom is -0.342 e. The van der Waals surface area contributed by atoms with Crippen molar-refractivity contribution in [2.24, 2.45) is 39.7 Å². The predicted octanol–water partition coefficient (Wildman–Crippen LogP) is 4.75. The van der Waals surface area contributed by atoms with Gasteiger partial charge in [-0.1, -0.05) is 57.5 Å². The lowest BCUT2D eigenvalue weighted by Crippen LogP contribution is -2.57. The van der Waals surface area contributed by atoms with Crippen molar-refractivity contribution >= 4 is 5.91 Å². The van der Waals surface area contributed by atoms with E-state index < -0.39 is 0 Å². The second-order valence-corrected chi connectivity index (χ2v) is 12.4. The molecule has 7 atom stereocenters. The lowest BCUT2D eigenvalue weighted by molar-refractivity contribution is -0.148. The number of benzene rings is 1. The van der Waals surface area contributed by atoms with E-state index in [2.05, 4.69) is 56.0 Å². The van der Waals surface area contributed by atoms with E-state index in [9.17, 15) is 4.79 Å². The summed E-state index contributed by atoms with van der Waals surface area (Å²) in [5, 5.41) is 0. The van der Waals surface area contributed by atoms with E-state index in [4.69, 9.17) is 5.73 Å². The molecule has 4 aliphatic carbocycles. The number of hydrogen-bond acceptors (Lipinski definition) is 2. The summed E-state index contributed by atoms with van der Waals surface area (Å²) in [7, 11) is 0. The molecular weight excluding hydrogens is 368 g/mol. The SMILES string of the molecule is CCC1C2CC3(C(=O)N4CCC(N)C(C)(C)C4)CC4(c5ccccc5)CC1C4(C2)C3. The van der Waals surface area contributed by atoms with Gasteiger partial charge in [0.15, 0.2) is 0 Å². The molecule has 0 aromatic heterocycles. The zero-order valence-electron chi connectivity index (χ0n) is 19.0. The van der Waals surface area contributed by atoms with Gasteiger partial charge in [-0.05, 0) is 72.7 Å². The molecule has 4 saturated carbocycles. The van der Waals surface area contributed by atoms with Crippen LogP contribution < -0.4 is 5.73 Å². The highest BCUT2D eigenvalue weighted by atomic mass is 16.2. The Hall–Kier alpha value is -1.35. The van der Waals surface area contributed by atoms with Gasteiger partial charge in [0.05, 0.1) is 5.41 Å². The van der Waals surface area contributed by atoms with E-state index in [-0.39, 0.29) is 22.3 Å². The third-order valence-electron chi connectivity index (χ3n) is 10.8. The molecule has 1 heterocycles. The monoisotopic (exact) mass is 406 g/mol. The summed E-state index contributed by atoms with van der Waals surface area (Å²) in [6, 6.07) is 11.5. The molecule has 0 radical (unpaired) electrons. The number of nitrogens with zero attached hydrogens (tertiary/aromatic N) is 1. The van der Waals surface area contributed by atoms with Crippen LogP contribution in [-0.4, -0.2) is 29.9 Å². The van der Waals surface area contributed by atoms with Crippen LogP contribution in [0.5, 0.6) is 0 Å². The van der Waals surface area contributed by atoms with Crippen LogP contribution in [0.25, 0.3) is 0 Å². The Morgan fingerprint density at radius 3 is 2.60 bits per heavy atom. The summed E-state index contributed by atoms with van der Waals surface area (Å²) in [5.74, 6) is 2.91. The number of hydrogen-bond donors (Lipinski definition) is 1. The normalized spacial score (nSPS) is 47.8. The highest BCUT2D eigenvalue weighted by Crippen LogP contribution is 2.85. The first-order valence-electron chi connectivity index (χ1n) is 12.4. The topological polar surface area (TPSA) is 46.3 Å². The Kier molecular flexibility index (Phi) is 3.81. The summed E-state index contributed by atoms with van der Waals surface area (Å²) in [6.45, 7) is 8.55. The van der Waals surface area contributed by atoms with Gasteiger partial charge in [-0.2, -0.15) is 0 Å². The number of piperidine rings is 1. The van der Waals surface area contributed by atoms with Crippen LogP contribution in [0.15, 0.2) is 30.3 Å². The van der Waals surface area contributed by atoms with Crippen molar-refractivity contribution < 1.29 is 4.79 Å². The van der Waals surface area contributed by atoms with Gasteiger partial charge in [-0.25, -0.2) is 0 Å². The molecule has 7 unspecified atom stereocenters. The highest BCUT2D eigenvalue weighted by molar-refractivity contribution is 5.85. The highest BCUT2D eigenvalue weighted by Gasteiger charge is 2.81. The van der Waals surface area contributed by atoms with Gasteiger partial charge < -0.3 is 10.6 Å². The number of amides is 1. The van der Waals surface area contributed by atoms with Crippen molar-refractivity contribution in [1.82, 2.24) is 4.90 Å². The van der Waals surface area contributed by atoms with Crippen LogP contribution in [0.4, 0.5) is 0 Å². The number of rotatable bonds is 3. The van der Waals surface area contributed by atoms with Gasteiger partial charge in [0.25, 0.3) is 0 Å². The van der Waals surface area contributed by atoms with E-state index in [1.165, 1.54) is 24.8 Å². The van der Waals surface area contributed by atoms with Gasteiger partial charge in [-0.3, -0.25) is 4.79 Å². The van der Waals surface area contributed by atoms with Crippen molar-refractivity contribution in [3.05, 3.63) is 35.9 Å². The Morgan fingerprint density at radius 1 is 1.13 bits per heavy atom. The fourth-order valence-corrected chi connectivity index (χ4v) is 9.59. The number of carbonyl (C=O) groups is 1. The summed E-state index contributed by atoms with van der Waals surface area (Å²) in [6.07, 6.45) is 8.29. The average Bonchev–Trinajstić information content (AvgIpc) is 3.01. The molecule has 1 aromatic rings. The molecule has 3 heteroatoms. The van der Waals surface area contributed by atoms with Crippen molar-refractivity contribution in [1.29, 1.82) is 0 Å². The third kappa shape index (κ3) is 2.13. The van der Waals surface area contributed by atoms with Crippen molar-refractivity contribution in [3.63, 3.8) is 0 Å². The van der Waals surface area contributed by atoms with Crippen LogP contribution in [0.3, 0.4) is 0 Å². The van der Waals surface area contributed by atoms with E-state index in [0.29, 0.717) is 11.3 Å². The fourth-order valence-electron chi connectivity index (χ4n) is 9.59. The van der Waals surface area contributed by atoms with Gasteiger partial charge in [-0.15, -0.1) is 0 Å². The first kappa shape index (κ1) is 19.3. The molecule has 3 nitrogen and oxygen atoms in total. The molecule has 3 bridgehead atoms. The van der Waals surface area contributed by atoms with Gasteiger partial charge in [0, 0.05) is 24.5 Å². The Labute approximate surface area is 181 Å². The molecule has 1 aromatic carbocycles. The molecule has 1 spiro atoms. The number of carbonyl (C=O) groups excluding carboxylic acids is 1. The van der Waals surface area contributed by atoms with Crippen LogP contribution in [0.1, 0.15) is 71.3 Å². The Morgan fingerprint density at radius 2 is 1.90 bits per heavy atom. The standard InChI is InChI=1S/C27H38N2O/c1-4-20-18-12-25(23(30)29-11-10-22(28)24(2,3)17-29)15-26(19-8-6-5-7-9-19)14-21(20)27(26,13-18)16-25/h5-9,18,20-22H,4,10-17,28H2,1-3H3. The molecule has 1 saturated heterocycles. The lowest BCUT2D eigenvalue weighted by Gasteiger charge is -2.60. The van der Waals surface area contributed by atoms with E-state index in [1.54, 1.807) is 0 Å². The second-order valence-electron chi connectivity index (χ2n) is 12.4. The molecule has 1 amide bonds. The average molecular weight is 407 g/mol. The van der Waals surface area contributed by atoms with Crippen molar-refractivity contribution in [2.75, 3.05) is 13.1 Å². The van der Waals surface area contributed by atoms with Gasteiger partial charge in [0.1, 0.15) is 0 Å². The minimum atomic E-state index is -0.130. The van der Waals surface area contributed by atoms with Crippen LogP contribution in [0, 0.1) is 34.0 Å². The van der Waals surface area contributed by atoms with Crippen LogP contribution >= 0.6 is 0 Å². The summed E-state index contributed by atoms with van der Waals surface area (Å²) in [5.41, 5.74) is 8.44. The largest absolute Gasteiger partial charge is 0.342 e. The summed E-state index contributed by atoms with van der Waals surface area (Å²) < 4.78 is 0. The smallest absolute Gasteiger partial charge is 0.228 e. The molecule has 5 aliphatic rings. The van der Waals surface area contributed by atoms with Crippen molar-refractivity contribution in [3.8, 4) is 0 Å². The molecule has 5 fully saturated rings. The van der Waals surface area contributed by atoms with E-state index in [1.807, 2.05) is 0 Å². The summed E-state index contributed by atoms with van der Waals surface area (Å²) >= 11 is 0. The maximum Gasteiger partial charge on any atom is 0.228 e. The first-order valence-corrected chi connectivity index (χ1v) is 12.4. The summed E-state index contributed by atoms with van der Waals surface area (Å²) in [4.78, 5) is 16.5. The van der Waals surface area contributed by atoms with Gasteiger partial charge >= 0.3 is 0 Å². The Balaban J connectivity index is 1.40. The quantitative estimate of drug-likeness (QED) is 0.788. The molecule has 2 N–H and O–H groups in total. The molecule has 30 heavy (non-hydrogen) atoms. The first-order chi connectivity index (χ1) is 14.3. The zero-order valence-corrected chi connectivity index (χ0v) is 19.0. The third-order valence-corrected chi connectivity index (χ3v) is 10.8. The number of likely N-dealkylation sites (tertiary alicyclic amines) is 1. The van der Waals surface area contributed by atoms with E-state index in [0.717, 1.165) is 56.5 Å². The number of nitrogens with two attached hydrogens (primary N) is 1. The second kappa shape index (κ2) is 5.91. The lowest BCUT2D eigenvalue weighted by atomic mass is 9.43. The van der Waals surface area contributed by atoms with Crippen LogP contribution in [0.2, 0.25) is 0 Å². The molecular formula is C27H38N2O.